The molecule has 2 fully saturated rings. The summed E-state index contributed by atoms with van der Waals surface area (Å²) in [6.45, 7) is 2.15. The fraction of sp³-hybridized carbons (Fsp3) is 0.348. The Balaban J connectivity index is 1.53. The van der Waals surface area contributed by atoms with Crippen molar-refractivity contribution in [2.24, 2.45) is 0 Å². The maximum absolute atomic E-state index is 13.0. The molecule has 2 aliphatic heterocycles. The van der Waals surface area contributed by atoms with E-state index in [1.807, 2.05) is 12.1 Å². The van der Waals surface area contributed by atoms with Crippen LogP contribution in [0, 0.1) is 0 Å². The molecule has 0 saturated carbocycles. The highest BCUT2D eigenvalue weighted by atomic mass is 32.2. The van der Waals surface area contributed by atoms with Gasteiger partial charge in [0.05, 0.1) is 15.3 Å². The number of rotatable bonds is 3. The van der Waals surface area contributed by atoms with E-state index < -0.39 is 9.84 Å². The van der Waals surface area contributed by atoms with Gasteiger partial charge in [-0.1, -0.05) is 18.2 Å². The number of anilines is 1. The summed E-state index contributed by atoms with van der Waals surface area (Å²) in [7, 11) is -3.57. The highest BCUT2D eigenvalue weighted by Gasteiger charge is 2.33. The number of fused-ring (bicyclic) bond motifs is 2. The normalized spacial score (nSPS) is 22.4. The van der Waals surface area contributed by atoms with Gasteiger partial charge in [0.1, 0.15) is 0 Å². The van der Waals surface area contributed by atoms with Crippen LogP contribution in [0.3, 0.4) is 0 Å². The number of nitrogens with zero attached hydrogens (tertiary/aromatic N) is 2. The number of nitrogens with one attached hydrogen (secondary N) is 1. The summed E-state index contributed by atoms with van der Waals surface area (Å²) in [6, 6.07) is 17.6. The lowest BCUT2D eigenvalue weighted by Crippen LogP contribution is -2.57. The molecule has 0 radical (unpaired) electrons. The van der Waals surface area contributed by atoms with Crippen molar-refractivity contribution in [1.29, 1.82) is 0 Å². The third-order valence-corrected chi connectivity index (χ3v) is 7.93. The van der Waals surface area contributed by atoms with Crippen LogP contribution in [0.4, 0.5) is 5.69 Å². The lowest BCUT2D eigenvalue weighted by molar-refractivity contribution is 0.284. The van der Waals surface area contributed by atoms with Gasteiger partial charge in [-0.2, -0.15) is 0 Å². The number of benzene rings is 2. The molecular weight excluding hydrogens is 382 g/mol. The molecular formula is C23H25N3O2S. The minimum Gasteiger partial charge on any atom is -0.367 e. The molecule has 29 heavy (non-hydrogen) atoms. The van der Waals surface area contributed by atoms with Gasteiger partial charge in [0.2, 0.25) is 9.84 Å². The first-order chi connectivity index (χ1) is 14.1. The van der Waals surface area contributed by atoms with Crippen molar-refractivity contribution in [2.45, 2.75) is 47.6 Å². The minimum atomic E-state index is -3.57. The Morgan fingerprint density at radius 3 is 2.69 bits per heavy atom. The second-order valence-electron chi connectivity index (χ2n) is 7.97. The molecule has 2 aliphatic rings. The molecule has 5 rings (SSSR count). The fourth-order valence-electron chi connectivity index (χ4n) is 4.73. The van der Waals surface area contributed by atoms with E-state index in [1.165, 1.54) is 31.9 Å². The Labute approximate surface area is 171 Å². The summed E-state index contributed by atoms with van der Waals surface area (Å²) < 4.78 is 26.0. The zero-order valence-corrected chi connectivity index (χ0v) is 17.1. The Morgan fingerprint density at radius 1 is 0.966 bits per heavy atom. The number of aromatic nitrogens is 1. The Hall–Kier alpha value is -2.44. The molecule has 2 saturated heterocycles. The van der Waals surface area contributed by atoms with E-state index in [4.69, 9.17) is 0 Å². The number of pyridine rings is 1. The van der Waals surface area contributed by atoms with Crippen molar-refractivity contribution in [3.8, 4) is 0 Å². The number of piperidine rings is 2. The van der Waals surface area contributed by atoms with E-state index in [9.17, 15) is 8.42 Å². The van der Waals surface area contributed by atoms with Crippen molar-refractivity contribution in [1.82, 2.24) is 10.3 Å². The standard InChI is InChI=1S/C23H25N3O2S/c27-29(28,19-6-2-1-3-7-19)20-15-17-14-18(10-11-21(17)25-16-20)26-13-5-8-22-23(26)9-4-12-24-22/h1-3,6-7,10-11,14-16,22-24H,4-5,8-9,12-13H2. The molecule has 3 aromatic rings. The number of sulfone groups is 1. The summed E-state index contributed by atoms with van der Waals surface area (Å²) in [5, 5.41) is 4.54. The van der Waals surface area contributed by atoms with Gasteiger partial charge in [0.15, 0.2) is 0 Å². The van der Waals surface area contributed by atoms with Crippen molar-refractivity contribution in [3.05, 3.63) is 60.8 Å². The third kappa shape index (κ3) is 3.40. The van der Waals surface area contributed by atoms with E-state index in [2.05, 4.69) is 27.3 Å². The highest BCUT2D eigenvalue weighted by molar-refractivity contribution is 7.91. The van der Waals surface area contributed by atoms with Gasteiger partial charge in [0, 0.05) is 35.9 Å². The smallest absolute Gasteiger partial charge is 0.208 e. The van der Waals surface area contributed by atoms with E-state index in [1.54, 1.807) is 30.3 Å². The molecule has 0 bridgehead atoms. The molecule has 2 aromatic carbocycles. The molecule has 6 heteroatoms. The van der Waals surface area contributed by atoms with E-state index >= 15 is 0 Å². The highest BCUT2D eigenvalue weighted by Crippen LogP contribution is 2.32. The van der Waals surface area contributed by atoms with Crippen LogP contribution in [0.15, 0.2) is 70.6 Å². The quantitative estimate of drug-likeness (QED) is 0.716. The first kappa shape index (κ1) is 18.6. The van der Waals surface area contributed by atoms with Crippen LogP contribution >= 0.6 is 0 Å². The van der Waals surface area contributed by atoms with Crippen LogP contribution in [0.5, 0.6) is 0 Å². The van der Waals surface area contributed by atoms with Crippen LogP contribution in [-0.4, -0.2) is 38.6 Å². The monoisotopic (exact) mass is 407 g/mol. The lowest BCUT2D eigenvalue weighted by atomic mass is 9.89. The van der Waals surface area contributed by atoms with Crippen LogP contribution in [0.1, 0.15) is 25.7 Å². The summed E-state index contributed by atoms with van der Waals surface area (Å²) in [4.78, 5) is 7.46. The van der Waals surface area contributed by atoms with Crippen LogP contribution in [0.2, 0.25) is 0 Å². The maximum atomic E-state index is 13.0. The van der Waals surface area contributed by atoms with Crippen molar-refractivity contribution in [3.63, 3.8) is 0 Å². The summed E-state index contributed by atoms with van der Waals surface area (Å²) in [5.74, 6) is 0. The second kappa shape index (κ2) is 7.43. The lowest BCUT2D eigenvalue weighted by Gasteiger charge is -2.45. The first-order valence-corrected chi connectivity index (χ1v) is 11.8. The topological polar surface area (TPSA) is 62.3 Å². The molecule has 1 aromatic heterocycles. The molecule has 0 aliphatic carbocycles. The van der Waals surface area contributed by atoms with E-state index in [0.717, 1.165) is 29.7 Å². The molecule has 0 spiro atoms. The van der Waals surface area contributed by atoms with Crippen molar-refractivity contribution >= 4 is 26.4 Å². The predicted molar refractivity (Wildman–Crippen MR) is 115 cm³/mol. The minimum absolute atomic E-state index is 0.240. The van der Waals surface area contributed by atoms with Gasteiger partial charge >= 0.3 is 0 Å². The first-order valence-electron chi connectivity index (χ1n) is 10.3. The molecule has 150 valence electrons. The Morgan fingerprint density at radius 2 is 1.83 bits per heavy atom. The summed E-state index contributed by atoms with van der Waals surface area (Å²) in [5.41, 5.74) is 1.98. The van der Waals surface area contributed by atoms with Gasteiger partial charge in [-0.3, -0.25) is 4.98 Å². The number of hydrogen-bond donors (Lipinski definition) is 1. The zero-order valence-electron chi connectivity index (χ0n) is 16.3. The Bertz CT molecular complexity index is 1130. The Kier molecular flexibility index (Phi) is 4.76. The van der Waals surface area contributed by atoms with Gasteiger partial charge in [-0.15, -0.1) is 0 Å². The SMILES string of the molecule is O=S(=O)(c1ccccc1)c1cnc2ccc(N3CCCC4NCCCC43)cc2c1. The van der Waals surface area contributed by atoms with Crippen LogP contribution < -0.4 is 10.2 Å². The molecule has 3 heterocycles. The molecule has 5 nitrogen and oxygen atoms in total. The molecule has 0 amide bonds. The van der Waals surface area contributed by atoms with E-state index in [0.29, 0.717) is 17.0 Å². The summed E-state index contributed by atoms with van der Waals surface area (Å²) in [6.07, 6.45) is 6.28. The predicted octanol–water partition coefficient (Wildman–Crippen LogP) is 3.79. The van der Waals surface area contributed by atoms with Crippen LogP contribution in [-0.2, 0) is 9.84 Å². The average molecular weight is 408 g/mol. The molecule has 2 unspecified atom stereocenters. The van der Waals surface area contributed by atoms with Gasteiger partial charge in [-0.05, 0) is 68.6 Å². The van der Waals surface area contributed by atoms with Gasteiger partial charge < -0.3 is 10.2 Å². The van der Waals surface area contributed by atoms with Crippen molar-refractivity contribution in [2.75, 3.05) is 18.0 Å². The molecule has 1 N–H and O–H groups in total. The largest absolute Gasteiger partial charge is 0.367 e. The average Bonchev–Trinajstić information content (AvgIpc) is 2.78. The van der Waals surface area contributed by atoms with Crippen molar-refractivity contribution < 1.29 is 8.42 Å². The van der Waals surface area contributed by atoms with Gasteiger partial charge in [0.25, 0.3) is 0 Å². The summed E-state index contributed by atoms with van der Waals surface area (Å²) >= 11 is 0. The van der Waals surface area contributed by atoms with E-state index in [-0.39, 0.29) is 4.90 Å². The second-order valence-corrected chi connectivity index (χ2v) is 9.92. The van der Waals surface area contributed by atoms with Gasteiger partial charge in [-0.25, -0.2) is 8.42 Å². The zero-order chi connectivity index (χ0) is 19.8. The third-order valence-electron chi connectivity index (χ3n) is 6.20. The fourth-order valence-corrected chi connectivity index (χ4v) is 5.99. The van der Waals surface area contributed by atoms with Crippen LogP contribution in [0.25, 0.3) is 10.9 Å². The molecule has 2 atom stereocenters. The maximum Gasteiger partial charge on any atom is 0.208 e. The number of hydrogen-bond acceptors (Lipinski definition) is 5.